The Morgan fingerprint density at radius 2 is 1.84 bits per heavy atom. The molecule has 1 aromatic heterocycles. The molecular formula is C22H20F2N2O4S. The SMILES string of the molecule is COc1ccc(-c2nc(NC(=O)C=Cc3ccc(OC(F)F)c(OC)c3)sc2C)cc1. The topological polar surface area (TPSA) is 69.7 Å². The molecule has 31 heavy (non-hydrogen) atoms. The number of carbonyl (C=O) groups excluding carboxylic acids is 1. The van der Waals surface area contributed by atoms with Crippen molar-refractivity contribution in [2.24, 2.45) is 0 Å². The fourth-order valence-electron chi connectivity index (χ4n) is 2.77. The molecule has 0 aliphatic carbocycles. The van der Waals surface area contributed by atoms with Gasteiger partial charge in [-0.25, -0.2) is 4.98 Å². The molecule has 162 valence electrons. The molecule has 1 amide bonds. The minimum absolute atomic E-state index is 0.0802. The highest BCUT2D eigenvalue weighted by molar-refractivity contribution is 7.16. The van der Waals surface area contributed by atoms with Crippen LogP contribution in [0.15, 0.2) is 48.5 Å². The van der Waals surface area contributed by atoms with E-state index in [0.29, 0.717) is 10.7 Å². The van der Waals surface area contributed by atoms with Crippen LogP contribution in [-0.4, -0.2) is 31.7 Å². The summed E-state index contributed by atoms with van der Waals surface area (Å²) in [5.41, 5.74) is 2.29. The lowest BCUT2D eigenvalue weighted by Gasteiger charge is -2.10. The van der Waals surface area contributed by atoms with Crippen molar-refractivity contribution >= 4 is 28.5 Å². The minimum Gasteiger partial charge on any atom is -0.497 e. The lowest BCUT2D eigenvalue weighted by Crippen LogP contribution is -2.07. The summed E-state index contributed by atoms with van der Waals surface area (Å²) in [6.07, 6.45) is 2.86. The fourth-order valence-corrected chi connectivity index (χ4v) is 3.61. The number of carbonyl (C=O) groups is 1. The lowest BCUT2D eigenvalue weighted by atomic mass is 10.1. The van der Waals surface area contributed by atoms with Crippen molar-refractivity contribution in [3.05, 3.63) is 59.0 Å². The summed E-state index contributed by atoms with van der Waals surface area (Å²) < 4.78 is 39.4. The van der Waals surface area contributed by atoms with E-state index >= 15 is 0 Å². The van der Waals surface area contributed by atoms with Gasteiger partial charge in [-0.15, -0.1) is 11.3 Å². The Labute approximate surface area is 182 Å². The number of ether oxygens (including phenoxy) is 3. The van der Waals surface area contributed by atoms with E-state index in [-0.39, 0.29) is 17.4 Å². The van der Waals surface area contributed by atoms with Crippen LogP contribution in [0.4, 0.5) is 13.9 Å². The maximum atomic E-state index is 12.4. The predicted octanol–water partition coefficient (Wildman–Crippen LogP) is 5.39. The van der Waals surface area contributed by atoms with Crippen LogP contribution in [-0.2, 0) is 4.79 Å². The number of alkyl halides is 2. The first-order valence-corrected chi connectivity index (χ1v) is 9.95. The van der Waals surface area contributed by atoms with Gasteiger partial charge in [-0.3, -0.25) is 10.1 Å². The zero-order valence-electron chi connectivity index (χ0n) is 17.0. The Kier molecular flexibility index (Phi) is 7.19. The third kappa shape index (κ3) is 5.79. The molecule has 0 fully saturated rings. The number of benzene rings is 2. The monoisotopic (exact) mass is 446 g/mol. The normalized spacial score (nSPS) is 11.0. The number of aromatic nitrogens is 1. The molecule has 0 saturated carbocycles. The second-order valence-corrected chi connectivity index (χ2v) is 7.47. The molecule has 0 spiro atoms. The van der Waals surface area contributed by atoms with Crippen LogP contribution in [0, 0.1) is 6.92 Å². The van der Waals surface area contributed by atoms with Crippen LogP contribution in [0.2, 0.25) is 0 Å². The number of hydrogen-bond donors (Lipinski definition) is 1. The van der Waals surface area contributed by atoms with Gasteiger partial charge in [-0.05, 0) is 55.0 Å². The Balaban J connectivity index is 1.68. The highest BCUT2D eigenvalue weighted by Crippen LogP contribution is 2.32. The number of halogens is 2. The van der Waals surface area contributed by atoms with E-state index in [1.165, 1.54) is 42.7 Å². The summed E-state index contributed by atoms with van der Waals surface area (Å²) in [5.74, 6) is 0.439. The van der Waals surface area contributed by atoms with Crippen molar-refractivity contribution in [2.75, 3.05) is 19.5 Å². The van der Waals surface area contributed by atoms with E-state index in [9.17, 15) is 13.6 Å². The van der Waals surface area contributed by atoms with E-state index < -0.39 is 6.61 Å². The number of rotatable bonds is 8. The fraction of sp³-hybridized carbons (Fsp3) is 0.182. The smallest absolute Gasteiger partial charge is 0.387 e. The first-order chi connectivity index (χ1) is 14.9. The molecule has 0 atom stereocenters. The molecule has 3 aromatic rings. The molecule has 0 unspecified atom stereocenters. The molecule has 9 heteroatoms. The van der Waals surface area contributed by atoms with Crippen molar-refractivity contribution in [1.82, 2.24) is 4.98 Å². The molecule has 1 heterocycles. The Bertz CT molecular complexity index is 1080. The van der Waals surface area contributed by atoms with E-state index in [1.54, 1.807) is 13.2 Å². The van der Waals surface area contributed by atoms with Crippen molar-refractivity contribution in [3.63, 3.8) is 0 Å². The van der Waals surface area contributed by atoms with Gasteiger partial charge in [-0.1, -0.05) is 6.07 Å². The van der Waals surface area contributed by atoms with Gasteiger partial charge in [-0.2, -0.15) is 8.78 Å². The number of anilines is 1. The molecule has 0 bridgehead atoms. The van der Waals surface area contributed by atoms with Crippen LogP contribution in [0.5, 0.6) is 17.2 Å². The number of nitrogens with zero attached hydrogens (tertiary/aromatic N) is 1. The number of nitrogens with one attached hydrogen (secondary N) is 1. The average Bonchev–Trinajstić information content (AvgIpc) is 3.12. The summed E-state index contributed by atoms with van der Waals surface area (Å²) in [7, 11) is 2.95. The summed E-state index contributed by atoms with van der Waals surface area (Å²) in [6, 6.07) is 11.9. The number of thiazole rings is 1. The number of hydrogen-bond acceptors (Lipinski definition) is 6. The Hall–Kier alpha value is -3.46. The zero-order valence-corrected chi connectivity index (χ0v) is 17.8. The van der Waals surface area contributed by atoms with Gasteiger partial charge in [0, 0.05) is 16.5 Å². The molecule has 0 aliphatic heterocycles. The maximum absolute atomic E-state index is 12.4. The maximum Gasteiger partial charge on any atom is 0.387 e. The molecule has 3 rings (SSSR count). The van der Waals surface area contributed by atoms with Gasteiger partial charge >= 0.3 is 6.61 Å². The summed E-state index contributed by atoms with van der Waals surface area (Å²) in [5, 5.41) is 3.20. The second kappa shape index (κ2) is 10.0. The van der Waals surface area contributed by atoms with Gasteiger partial charge < -0.3 is 14.2 Å². The highest BCUT2D eigenvalue weighted by Gasteiger charge is 2.12. The van der Waals surface area contributed by atoms with Gasteiger partial charge in [0.2, 0.25) is 5.91 Å². The van der Waals surface area contributed by atoms with Crippen LogP contribution in [0.1, 0.15) is 10.4 Å². The quantitative estimate of drug-likeness (QED) is 0.470. The molecule has 0 aliphatic rings. The third-order valence-electron chi connectivity index (χ3n) is 4.22. The summed E-state index contributed by atoms with van der Waals surface area (Å²) >= 11 is 1.37. The summed E-state index contributed by atoms with van der Waals surface area (Å²) in [4.78, 5) is 17.8. The molecule has 0 saturated heterocycles. The largest absolute Gasteiger partial charge is 0.497 e. The molecule has 2 aromatic carbocycles. The number of amides is 1. The first-order valence-electron chi connectivity index (χ1n) is 9.13. The van der Waals surface area contributed by atoms with Crippen molar-refractivity contribution in [3.8, 4) is 28.5 Å². The van der Waals surface area contributed by atoms with Crippen molar-refractivity contribution < 1.29 is 27.8 Å². The van der Waals surface area contributed by atoms with E-state index in [4.69, 9.17) is 9.47 Å². The van der Waals surface area contributed by atoms with Crippen LogP contribution < -0.4 is 19.5 Å². The Morgan fingerprint density at radius 1 is 1.10 bits per heavy atom. The molecular weight excluding hydrogens is 426 g/mol. The Morgan fingerprint density at radius 3 is 2.48 bits per heavy atom. The van der Waals surface area contributed by atoms with Crippen LogP contribution >= 0.6 is 11.3 Å². The van der Waals surface area contributed by atoms with Gasteiger partial charge in [0.25, 0.3) is 0 Å². The van der Waals surface area contributed by atoms with Crippen molar-refractivity contribution in [1.29, 1.82) is 0 Å². The summed E-state index contributed by atoms with van der Waals surface area (Å²) in [6.45, 7) is -1.02. The number of aryl methyl sites for hydroxylation is 1. The van der Waals surface area contributed by atoms with E-state index in [0.717, 1.165) is 21.9 Å². The molecule has 1 N–H and O–H groups in total. The molecule has 6 nitrogen and oxygen atoms in total. The zero-order chi connectivity index (χ0) is 22.4. The average molecular weight is 446 g/mol. The second-order valence-electron chi connectivity index (χ2n) is 6.26. The van der Waals surface area contributed by atoms with Gasteiger partial charge in [0.1, 0.15) is 5.75 Å². The molecule has 0 radical (unpaired) electrons. The predicted molar refractivity (Wildman–Crippen MR) is 116 cm³/mol. The highest BCUT2D eigenvalue weighted by atomic mass is 32.1. The van der Waals surface area contributed by atoms with E-state index in [2.05, 4.69) is 15.0 Å². The van der Waals surface area contributed by atoms with Crippen LogP contribution in [0.3, 0.4) is 0 Å². The van der Waals surface area contributed by atoms with E-state index in [1.807, 2.05) is 31.2 Å². The lowest BCUT2D eigenvalue weighted by molar-refractivity contribution is -0.111. The first kappa shape index (κ1) is 22.2. The van der Waals surface area contributed by atoms with Crippen molar-refractivity contribution in [2.45, 2.75) is 13.5 Å². The van der Waals surface area contributed by atoms with Gasteiger partial charge in [0.05, 0.1) is 19.9 Å². The van der Waals surface area contributed by atoms with Crippen LogP contribution in [0.25, 0.3) is 17.3 Å². The number of methoxy groups -OCH3 is 2. The standard InChI is InChI=1S/C22H20F2N2O4S/c1-13-20(15-6-8-16(28-2)9-7-15)26-22(31-13)25-19(27)11-5-14-4-10-17(30-21(23)24)18(12-14)29-3/h4-12,21H,1-3H3,(H,25,26,27). The van der Waals surface area contributed by atoms with Gasteiger partial charge in [0.15, 0.2) is 16.6 Å². The minimum atomic E-state index is -2.95. The third-order valence-corrected chi connectivity index (χ3v) is 5.11.